The summed E-state index contributed by atoms with van der Waals surface area (Å²) in [4.78, 5) is 34.3. The molecular weight excluding hydrogens is 571 g/mol. The van der Waals surface area contributed by atoms with E-state index in [0.29, 0.717) is 21.5 Å². The number of hydrogen-bond donors (Lipinski definition) is 1. The van der Waals surface area contributed by atoms with Gasteiger partial charge in [-0.25, -0.2) is 9.50 Å². The van der Waals surface area contributed by atoms with Crippen LogP contribution in [0.25, 0.3) is 5.65 Å². The number of methoxy groups -OCH3 is 1. The maximum atomic E-state index is 14.5. The summed E-state index contributed by atoms with van der Waals surface area (Å²) in [5.74, 6) is -0.850. The molecule has 11 heteroatoms. The standard InChI is InChI=1S/C33H36F3N5O3/c1-20(2)26-18-28(33(34,35)36)41-29(38-26)19-27(39-41)32(43)40(24-14-10-21(3)11-15-24)30(22-12-16-25(44-4)17-13-22)31(42)37-23-8-6-5-7-9-23/h10-20,23,30H,5-9H2,1-4H3,(H,37,42). The van der Waals surface area contributed by atoms with Crippen molar-refractivity contribution >= 4 is 23.1 Å². The number of aryl methyl sites for hydroxylation is 1. The molecule has 0 saturated heterocycles. The number of carbonyl (C=O) groups is 2. The van der Waals surface area contributed by atoms with E-state index in [4.69, 9.17) is 4.74 Å². The van der Waals surface area contributed by atoms with Crippen molar-refractivity contribution in [3.8, 4) is 5.75 Å². The minimum Gasteiger partial charge on any atom is -0.497 e. The highest BCUT2D eigenvalue weighted by molar-refractivity contribution is 6.09. The summed E-state index contributed by atoms with van der Waals surface area (Å²) in [7, 11) is 1.53. The van der Waals surface area contributed by atoms with Crippen LogP contribution in [0.1, 0.15) is 90.9 Å². The quantitative estimate of drug-likeness (QED) is 0.233. The number of ether oxygens (including phenoxy) is 1. The van der Waals surface area contributed by atoms with Crippen molar-refractivity contribution in [1.82, 2.24) is 19.9 Å². The molecule has 1 aliphatic rings. The van der Waals surface area contributed by atoms with Gasteiger partial charge in [0.15, 0.2) is 11.3 Å². The van der Waals surface area contributed by atoms with Gasteiger partial charge < -0.3 is 10.1 Å². The molecule has 44 heavy (non-hydrogen) atoms. The van der Waals surface area contributed by atoms with Gasteiger partial charge in [-0.05, 0) is 61.6 Å². The zero-order valence-electron chi connectivity index (χ0n) is 25.2. The highest BCUT2D eigenvalue weighted by Crippen LogP contribution is 2.34. The van der Waals surface area contributed by atoms with Crippen molar-refractivity contribution in [3.63, 3.8) is 0 Å². The van der Waals surface area contributed by atoms with Gasteiger partial charge in [-0.1, -0.05) is 62.9 Å². The number of benzene rings is 2. The van der Waals surface area contributed by atoms with Gasteiger partial charge in [-0.2, -0.15) is 18.3 Å². The number of nitrogens with zero attached hydrogens (tertiary/aromatic N) is 4. The summed E-state index contributed by atoms with van der Waals surface area (Å²) in [5, 5.41) is 7.25. The molecule has 1 N–H and O–H groups in total. The lowest BCUT2D eigenvalue weighted by Gasteiger charge is -2.33. The molecule has 5 rings (SSSR count). The Balaban J connectivity index is 1.66. The van der Waals surface area contributed by atoms with Crippen molar-refractivity contribution in [2.24, 2.45) is 0 Å². The number of anilines is 1. The fourth-order valence-electron chi connectivity index (χ4n) is 5.54. The first-order valence-electron chi connectivity index (χ1n) is 14.8. The smallest absolute Gasteiger partial charge is 0.433 e. The van der Waals surface area contributed by atoms with Crippen LogP contribution in [-0.2, 0) is 11.0 Å². The van der Waals surface area contributed by atoms with E-state index in [1.165, 1.54) is 18.1 Å². The molecule has 1 atom stereocenters. The normalized spacial score (nSPS) is 14.9. The molecule has 0 bridgehead atoms. The van der Waals surface area contributed by atoms with Crippen LogP contribution in [0.15, 0.2) is 60.7 Å². The second-order valence-electron chi connectivity index (χ2n) is 11.5. The van der Waals surface area contributed by atoms with Crippen LogP contribution in [0.3, 0.4) is 0 Å². The van der Waals surface area contributed by atoms with Crippen molar-refractivity contribution in [1.29, 1.82) is 0 Å². The molecule has 1 fully saturated rings. The number of carbonyl (C=O) groups excluding carboxylic acids is 2. The Labute approximate surface area is 254 Å². The van der Waals surface area contributed by atoms with Crippen LogP contribution in [0.4, 0.5) is 18.9 Å². The predicted molar refractivity (Wildman–Crippen MR) is 161 cm³/mol. The summed E-state index contributed by atoms with van der Waals surface area (Å²) in [6.45, 7) is 5.38. The molecule has 2 aromatic carbocycles. The summed E-state index contributed by atoms with van der Waals surface area (Å²) >= 11 is 0. The van der Waals surface area contributed by atoms with Crippen LogP contribution < -0.4 is 15.0 Å². The SMILES string of the molecule is COc1ccc(C(C(=O)NC2CCCCC2)N(C(=O)c2cc3nc(C(C)C)cc(C(F)(F)F)n3n2)c2ccc(C)cc2)cc1. The van der Waals surface area contributed by atoms with Gasteiger partial charge in [-0.3, -0.25) is 14.5 Å². The number of nitrogens with one attached hydrogen (secondary N) is 1. The number of fused-ring (bicyclic) bond motifs is 1. The van der Waals surface area contributed by atoms with Crippen LogP contribution in [0, 0.1) is 6.92 Å². The highest BCUT2D eigenvalue weighted by Gasteiger charge is 2.38. The number of aromatic nitrogens is 3. The Bertz CT molecular complexity index is 1630. The number of alkyl halides is 3. The Morgan fingerprint density at radius 2 is 1.66 bits per heavy atom. The van der Waals surface area contributed by atoms with Crippen LogP contribution in [0.2, 0.25) is 0 Å². The average molecular weight is 608 g/mol. The van der Waals surface area contributed by atoms with Gasteiger partial charge >= 0.3 is 6.18 Å². The number of rotatable bonds is 8. The minimum absolute atomic E-state index is 0.0461. The first kappa shape index (κ1) is 31.0. The molecule has 2 heterocycles. The molecule has 1 aliphatic carbocycles. The van der Waals surface area contributed by atoms with Gasteiger partial charge in [-0.15, -0.1) is 0 Å². The Morgan fingerprint density at radius 3 is 2.25 bits per heavy atom. The van der Waals surface area contributed by atoms with E-state index in [2.05, 4.69) is 15.4 Å². The molecular formula is C33H36F3N5O3. The summed E-state index contributed by atoms with van der Waals surface area (Å²) in [6.07, 6.45) is 0.00781. The van der Waals surface area contributed by atoms with Gasteiger partial charge in [0.25, 0.3) is 5.91 Å². The van der Waals surface area contributed by atoms with E-state index in [9.17, 15) is 22.8 Å². The van der Waals surface area contributed by atoms with E-state index < -0.39 is 29.7 Å². The summed E-state index contributed by atoms with van der Waals surface area (Å²) < 4.78 is 48.3. The molecule has 2 aromatic heterocycles. The van der Waals surface area contributed by atoms with Gasteiger partial charge in [0.2, 0.25) is 5.91 Å². The molecule has 0 spiro atoms. The second-order valence-corrected chi connectivity index (χ2v) is 11.5. The molecule has 8 nitrogen and oxygen atoms in total. The monoisotopic (exact) mass is 607 g/mol. The minimum atomic E-state index is -4.74. The zero-order chi connectivity index (χ0) is 31.6. The summed E-state index contributed by atoms with van der Waals surface area (Å²) in [6, 6.07) is 14.9. The first-order valence-corrected chi connectivity index (χ1v) is 14.8. The second kappa shape index (κ2) is 12.7. The van der Waals surface area contributed by atoms with Crippen LogP contribution >= 0.6 is 0 Å². The Morgan fingerprint density at radius 1 is 1.00 bits per heavy atom. The molecule has 232 valence electrons. The maximum Gasteiger partial charge on any atom is 0.433 e. The van der Waals surface area contributed by atoms with Crippen molar-refractivity contribution < 1.29 is 27.5 Å². The van der Waals surface area contributed by atoms with E-state index in [0.717, 1.165) is 43.7 Å². The molecule has 2 amide bonds. The third-order valence-electron chi connectivity index (χ3n) is 7.97. The lowest BCUT2D eigenvalue weighted by Crippen LogP contribution is -2.47. The van der Waals surface area contributed by atoms with Crippen LogP contribution in [0.5, 0.6) is 5.75 Å². The van der Waals surface area contributed by atoms with E-state index in [-0.39, 0.29) is 29.0 Å². The fraction of sp³-hybridized carbons (Fsp3) is 0.394. The van der Waals surface area contributed by atoms with Gasteiger partial charge in [0, 0.05) is 23.5 Å². The zero-order valence-corrected chi connectivity index (χ0v) is 25.2. The van der Waals surface area contributed by atoms with Gasteiger partial charge in [0.05, 0.1) is 7.11 Å². The first-order chi connectivity index (χ1) is 21.0. The molecule has 1 saturated carbocycles. The van der Waals surface area contributed by atoms with E-state index >= 15 is 0 Å². The fourth-order valence-corrected chi connectivity index (χ4v) is 5.54. The molecule has 1 unspecified atom stereocenters. The average Bonchev–Trinajstić information content (AvgIpc) is 3.44. The van der Waals surface area contributed by atoms with Crippen molar-refractivity contribution in [2.75, 3.05) is 12.0 Å². The van der Waals surface area contributed by atoms with Crippen molar-refractivity contribution in [2.45, 2.75) is 77.1 Å². The third kappa shape index (κ3) is 6.56. The number of amides is 2. The maximum absolute atomic E-state index is 14.5. The highest BCUT2D eigenvalue weighted by atomic mass is 19.4. The summed E-state index contributed by atoms with van der Waals surface area (Å²) in [5.41, 5.74) is 0.645. The molecule has 4 aromatic rings. The predicted octanol–water partition coefficient (Wildman–Crippen LogP) is 7.03. The molecule has 0 aliphatic heterocycles. The van der Waals surface area contributed by atoms with Crippen molar-refractivity contribution in [3.05, 3.63) is 88.9 Å². The van der Waals surface area contributed by atoms with E-state index in [1.54, 1.807) is 50.2 Å². The Hall–Kier alpha value is -4.41. The molecule has 0 radical (unpaired) electrons. The largest absolute Gasteiger partial charge is 0.497 e. The van der Waals surface area contributed by atoms with Gasteiger partial charge in [0.1, 0.15) is 17.5 Å². The van der Waals surface area contributed by atoms with E-state index in [1.807, 2.05) is 19.1 Å². The topological polar surface area (TPSA) is 88.8 Å². The lowest BCUT2D eigenvalue weighted by atomic mass is 9.94. The van der Waals surface area contributed by atoms with Crippen LogP contribution in [-0.4, -0.2) is 39.6 Å². The third-order valence-corrected chi connectivity index (χ3v) is 7.97. The number of halogens is 3. The number of hydrogen-bond acceptors (Lipinski definition) is 5. The Kier molecular flexibility index (Phi) is 8.94. The lowest BCUT2D eigenvalue weighted by molar-refractivity contribution is -0.142.